The molecular formula is C31H35N3O5S. The number of methoxy groups -OCH3 is 1. The van der Waals surface area contributed by atoms with E-state index in [0.717, 1.165) is 11.4 Å². The summed E-state index contributed by atoms with van der Waals surface area (Å²) >= 11 is 0. The van der Waals surface area contributed by atoms with Gasteiger partial charge in [0.25, 0.3) is 5.91 Å². The molecule has 1 aromatic heterocycles. The first-order valence-electron chi connectivity index (χ1n) is 13.8. The summed E-state index contributed by atoms with van der Waals surface area (Å²) in [6.07, 6.45) is 8.37. The van der Waals surface area contributed by atoms with Gasteiger partial charge >= 0.3 is 5.97 Å². The van der Waals surface area contributed by atoms with Crippen molar-refractivity contribution in [1.82, 2.24) is 10.3 Å². The van der Waals surface area contributed by atoms with Crippen LogP contribution >= 0.6 is 0 Å². The van der Waals surface area contributed by atoms with E-state index >= 15 is 0 Å². The molecule has 2 aromatic carbocycles. The minimum absolute atomic E-state index is 0.142. The van der Waals surface area contributed by atoms with Gasteiger partial charge in [0.2, 0.25) is 5.88 Å². The average Bonchev–Trinajstić information content (AvgIpc) is 3.87. The van der Waals surface area contributed by atoms with Crippen LogP contribution in [0.25, 0.3) is 0 Å². The second-order valence-electron chi connectivity index (χ2n) is 11.3. The van der Waals surface area contributed by atoms with Crippen LogP contribution in [0.15, 0.2) is 59.5 Å². The third-order valence-electron chi connectivity index (χ3n) is 7.85. The summed E-state index contributed by atoms with van der Waals surface area (Å²) in [7, 11) is -1.18. The molecule has 1 N–H and O–H groups in total. The highest BCUT2D eigenvalue weighted by molar-refractivity contribution is 8.01. The number of nitrogens with zero attached hydrogens (tertiary/aromatic N) is 2. The molecule has 9 heteroatoms. The van der Waals surface area contributed by atoms with E-state index in [1.165, 1.54) is 43.9 Å². The number of carbonyl (C=O) groups is 2. The quantitative estimate of drug-likeness (QED) is 0.305. The first kappa shape index (κ1) is 26.5. The van der Waals surface area contributed by atoms with Gasteiger partial charge < -0.3 is 19.7 Å². The topological polar surface area (TPSA) is 97.8 Å². The molecule has 1 aliphatic heterocycles. The molecule has 2 aliphatic carbocycles. The van der Waals surface area contributed by atoms with E-state index in [9.17, 15) is 13.8 Å². The van der Waals surface area contributed by atoms with Crippen molar-refractivity contribution in [3.63, 3.8) is 0 Å². The Morgan fingerprint density at radius 3 is 2.23 bits per heavy atom. The Morgan fingerprint density at radius 2 is 1.65 bits per heavy atom. The Labute approximate surface area is 235 Å². The van der Waals surface area contributed by atoms with Gasteiger partial charge in [0.15, 0.2) is 6.04 Å². The van der Waals surface area contributed by atoms with Crippen molar-refractivity contribution in [2.45, 2.75) is 48.5 Å². The Kier molecular flexibility index (Phi) is 6.86. The van der Waals surface area contributed by atoms with Crippen LogP contribution in [0.5, 0.6) is 5.88 Å². The van der Waals surface area contributed by atoms with Gasteiger partial charge in [0, 0.05) is 10.6 Å². The number of anilines is 2. The maximum absolute atomic E-state index is 13.3. The zero-order valence-corrected chi connectivity index (χ0v) is 23.9. The highest BCUT2D eigenvalue weighted by Gasteiger charge is 2.31. The number of benzene rings is 2. The maximum Gasteiger partial charge on any atom is 0.333 e. The maximum atomic E-state index is 13.3. The molecule has 210 valence electrons. The van der Waals surface area contributed by atoms with Crippen LogP contribution in [-0.4, -0.2) is 53.8 Å². The molecule has 0 bridgehead atoms. The van der Waals surface area contributed by atoms with E-state index < -0.39 is 27.9 Å². The number of fused-ring (bicyclic) bond motifs is 1. The zero-order chi connectivity index (χ0) is 28.0. The van der Waals surface area contributed by atoms with Crippen LogP contribution in [0.4, 0.5) is 11.4 Å². The summed E-state index contributed by atoms with van der Waals surface area (Å²) in [5.74, 6) is 0.583. The normalized spacial score (nSPS) is 17.8. The number of rotatable bonds is 8. The number of ether oxygens (including phenoxy) is 2. The number of amides is 1. The molecule has 8 nitrogen and oxygen atoms in total. The number of pyridine rings is 1. The number of thiol groups is 1. The predicted molar refractivity (Wildman–Crippen MR) is 155 cm³/mol. The van der Waals surface area contributed by atoms with Crippen LogP contribution in [0, 0.1) is 0 Å². The Hall–Kier alpha value is -3.72. The number of hydrogen-bond acceptors (Lipinski definition) is 7. The van der Waals surface area contributed by atoms with Crippen molar-refractivity contribution >= 4 is 33.2 Å². The highest BCUT2D eigenvalue weighted by Crippen LogP contribution is 2.47. The van der Waals surface area contributed by atoms with E-state index in [1.807, 2.05) is 6.07 Å². The van der Waals surface area contributed by atoms with Gasteiger partial charge in [0.1, 0.15) is 18.0 Å². The second kappa shape index (κ2) is 10.4. The minimum atomic E-state index is -2.45. The fourth-order valence-electron chi connectivity index (χ4n) is 5.24. The second-order valence-corrected chi connectivity index (χ2v) is 14.5. The lowest BCUT2D eigenvalue weighted by Crippen LogP contribution is -2.35. The van der Waals surface area contributed by atoms with E-state index in [-0.39, 0.29) is 5.69 Å². The fourth-order valence-corrected chi connectivity index (χ4v) is 6.11. The summed E-state index contributed by atoms with van der Waals surface area (Å²) in [4.78, 5) is 33.3. The molecule has 0 spiro atoms. The molecule has 0 radical (unpaired) electrons. The van der Waals surface area contributed by atoms with Gasteiger partial charge in [0.05, 0.1) is 13.7 Å². The average molecular weight is 562 g/mol. The van der Waals surface area contributed by atoms with Crippen molar-refractivity contribution in [3.05, 3.63) is 77.0 Å². The van der Waals surface area contributed by atoms with Crippen LogP contribution in [0.1, 0.15) is 70.7 Å². The molecule has 40 heavy (non-hydrogen) atoms. The predicted octanol–water partition coefficient (Wildman–Crippen LogP) is 4.65. The fraction of sp³-hybridized carbons (Fsp3) is 0.387. The van der Waals surface area contributed by atoms with Gasteiger partial charge in [-0.1, -0.05) is 28.1 Å². The van der Waals surface area contributed by atoms with Gasteiger partial charge in [-0.2, -0.15) is 0 Å². The molecule has 3 aromatic rings. The zero-order valence-electron chi connectivity index (χ0n) is 23.1. The summed E-state index contributed by atoms with van der Waals surface area (Å²) in [6.45, 7) is 1.15. The van der Waals surface area contributed by atoms with Crippen LogP contribution < -0.4 is 15.0 Å². The summed E-state index contributed by atoms with van der Waals surface area (Å²) < 4.78 is 23.2. The van der Waals surface area contributed by atoms with Gasteiger partial charge in [-0.15, -0.1) is 0 Å². The van der Waals surface area contributed by atoms with E-state index in [2.05, 4.69) is 33.4 Å². The molecule has 0 saturated heterocycles. The van der Waals surface area contributed by atoms with Crippen LogP contribution in [0.3, 0.4) is 0 Å². The molecule has 1 amide bonds. The summed E-state index contributed by atoms with van der Waals surface area (Å²) in [6, 6.07) is 16.2. The standard InChI is InChI=1S/C31H35N3O5S/c1-38-31(36)28(21-8-10-25(11-9-21)40(2,3)37)33-29(35)26-12-13-27-30(32-26)39-15-14-34(27)24-17-22(19-4-5-19)16-23(18-24)20-6-7-20/h8-13,16-20,28,40H,4-7,14-15H2,1-3H3,(H,33,35). The van der Waals surface area contributed by atoms with E-state index in [0.29, 0.717) is 41.3 Å². The van der Waals surface area contributed by atoms with Crippen LogP contribution in [-0.2, 0) is 19.5 Å². The third-order valence-corrected chi connectivity index (χ3v) is 9.39. The first-order valence-corrected chi connectivity index (χ1v) is 16.4. The molecule has 2 saturated carbocycles. The molecule has 1 unspecified atom stereocenters. The number of carbonyl (C=O) groups excluding carboxylic acids is 2. The third kappa shape index (κ3) is 5.47. The lowest BCUT2D eigenvalue weighted by molar-refractivity contribution is -0.143. The molecular weight excluding hydrogens is 526 g/mol. The lowest BCUT2D eigenvalue weighted by atomic mass is 10.0. The van der Waals surface area contributed by atoms with Crippen molar-refractivity contribution in [2.24, 2.45) is 0 Å². The SMILES string of the molecule is COC(=O)C(NC(=O)c1ccc2c(n1)OCCN2c1cc(C2CC2)cc(C2CC2)c1)c1ccc([SH](C)(C)=O)cc1. The number of hydrogen-bond donors (Lipinski definition) is 2. The van der Waals surface area contributed by atoms with Gasteiger partial charge in [-0.05, 0) is 103 Å². The monoisotopic (exact) mass is 561 g/mol. The number of nitrogens with one attached hydrogen (secondary N) is 1. The van der Waals surface area contributed by atoms with E-state index in [1.54, 1.807) is 42.8 Å². The molecule has 2 fully saturated rings. The Balaban J connectivity index is 1.25. The largest absolute Gasteiger partial charge is 0.474 e. The summed E-state index contributed by atoms with van der Waals surface area (Å²) in [5, 5.41) is 2.75. The Bertz CT molecular complexity index is 1480. The summed E-state index contributed by atoms with van der Waals surface area (Å²) in [5.41, 5.74) is 5.47. The molecule has 6 rings (SSSR count). The minimum Gasteiger partial charge on any atom is -0.474 e. The lowest BCUT2D eigenvalue weighted by Gasteiger charge is -2.31. The van der Waals surface area contributed by atoms with Crippen LogP contribution in [0.2, 0.25) is 0 Å². The van der Waals surface area contributed by atoms with E-state index in [4.69, 9.17) is 9.47 Å². The first-order chi connectivity index (χ1) is 19.2. The Morgan fingerprint density at radius 1 is 1.00 bits per heavy atom. The number of aromatic nitrogens is 1. The molecule has 1 atom stereocenters. The number of esters is 1. The van der Waals surface area contributed by atoms with Crippen molar-refractivity contribution in [2.75, 3.05) is 37.7 Å². The molecule has 2 heterocycles. The highest BCUT2D eigenvalue weighted by atomic mass is 32.2. The van der Waals surface area contributed by atoms with Crippen molar-refractivity contribution in [3.8, 4) is 5.88 Å². The molecule has 3 aliphatic rings. The van der Waals surface area contributed by atoms with Gasteiger partial charge in [-0.25, -0.2) is 9.78 Å². The van der Waals surface area contributed by atoms with Gasteiger partial charge in [-0.3, -0.25) is 9.00 Å². The smallest absolute Gasteiger partial charge is 0.333 e. The van der Waals surface area contributed by atoms with Crippen molar-refractivity contribution in [1.29, 1.82) is 0 Å². The van der Waals surface area contributed by atoms with Crippen molar-refractivity contribution < 1.29 is 23.3 Å².